The lowest BCUT2D eigenvalue weighted by atomic mass is 10.1. The molecule has 2 aromatic heterocycles. The summed E-state index contributed by atoms with van der Waals surface area (Å²) >= 11 is 1.46. The number of nitrogens with one attached hydrogen (secondary N) is 1. The summed E-state index contributed by atoms with van der Waals surface area (Å²) in [5, 5.41) is 15.9. The maximum Gasteiger partial charge on any atom is 0.287 e. The van der Waals surface area contributed by atoms with Crippen molar-refractivity contribution in [3.8, 4) is 0 Å². The van der Waals surface area contributed by atoms with Crippen LogP contribution in [0.1, 0.15) is 22.4 Å². The Morgan fingerprint density at radius 3 is 2.86 bits per heavy atom. The summed E-state index contributed by atoms with van der Waals surface area (Å²) in [5.41, 5.74) is -0.414. The smallest absolute Gasteiger partial charge is 0.287 e. The molecule has 0 unspecified atom stereocenters. The van der Waals surface area contributed by atoms with Gasteiger partial charge in [0.2, 0.25) is 0 Å². The third kappa shape index (κ3) is 2.84. The second kappa shape index (κ2) is 5.35. The monoisotopic (exact) mass is 301 g/mol. The summed E-state index contributed by atoms with van der Waals surface area (Å²) < 4.78 is 5.49. The SMILES string of the molecule is C[C@](O)(CNC(=O)c1cc2ccccc2o1)c1cccs1. The highest BCUT2D eigenvalue weighted by Gasteiger charge is 2.25. The van der Waals surface area contributed by atoms with E-state index < -0.39 is 5.60 Å². The highest BCUT2D eigenvalue weighted by molar-refractivity contribution is 7.10. The van der Waals surface area contributed by atoms with Crippen LogP contribution in [0.5, 0.6) is 0 Å². The number of hydrogen-bond donors (Lipinski definition) is 2. The first kappa shape index (κ1) is 13.9. The van der Waals surface area contributed by atoms with E-state index in [9.17, 15) is 9.90 Å². The van der Waals surface area contributed by atoms with Crippen LogP contribution in [0.15, 0.2) is 52.3 Å². The number of aliphatic hydroxyl groups is 1. The summed E-state index contributed by atoms with van der Waals surface area (Å²) in [5.74, 6) is -0.0822. The zero-order valence-corrected chi connectivity index (χ0v) is 12.3. The second-order valence-corrected chi connectivity index (χ2v) is 6.03. The van der Waals surface area contributed by atoms with Gasteiger partial charge in [0.05, 0.1) is 6.54 Å². The molecule has 0 aliphatic rings. The molecule has 0 aliphatic carbocycles. The van der Waals surface area contributed by atoms with Crippen LogP contribution in [0, 0.1) is 0 Å². The Morgan fingerprint density at radius 2 is 2.14 bits per heavy atom. The summed E-state index contributed by atoms with van der Waals surface area (Å²) in [4.78, 5) is 12.9. The number of carbonyl (C=O) groups is 1. The zero-order valence-electron chi connectivity index (χ0n) is 11.5. The number of benzene rings is 1. The largest absolute Gasteiger partial charge is 0.451 e. The molecule has 0 saturated heterocycles. The van der Waals surface area contributed by atoms with Crippen LogP contribution < -0.4 is 5.32 Å². The van der Waals surface area contributed by atoms with E-state index in [1.807, 2.05) is 41.8 Å². The zero-order chi connectivity index (χ0) is 14.9. The average molecular weight is 301 g/mol. The fourth-order valence-electron chi connectivity index (χ4n) is 2.11. The van der Waals surface area contributed by atoms with Crippen LogP contribution in [0.2, 0.25) is 0 Å². The fraction of sp³-hybridized carbons (Fsp3) is 0.188. The quantitative estimate of drug-likeness (QED) is 0.778. The predicted octanol–water partition coefficient (Wildman–Crippen LogP) is 3.13. The molecule has 3 rings (SSSR count). The van der Waals surface area contributed by atoms with E-state index in [-0.39, 0.29) is 18.2 Å². The van der Waals surface area contributed by atoms with Crippen molar-refractivity contribution in [3.05, 3.63) is 58.5 Å². The van der Waals surface area contributed by atoms with E-state index in [1.165, 1.54) is 11.3 Å². The molecule has 2 heterocycles. The third-order valence-corrected chi connectivity index (χ3v) is 4.42. The van der Waals surface area contributed by atoms with Gasteiger partial charge in [-0.15, -0.1) is 11.3 Å². The molecule has 0 aliphatic heterocycles. The van der Waals surface area contributed by atoms with Gasteiger partial charge in [-0.3, -0.25) is 4.79 Å². The molecule has 1 aromatic carbocycles. The van der Waals surface area contributed by atoms with Crippen LogP contribution in [-0.4, -0.2) is 17.6 Å². The van der Waals surface area contributed by atoms with Crippen molar-refractivity contribution in [1.82, 2.24) is 5.32 Å². The van der Waals surface area contributed by atoms with Crippen molar-refractivity contribution in [3.63, 3.8) is 0 Å². The lowest BCUT2D eigenvalue weighted by molar-refractivity contribution is 0.0549. The van der Waals surface area contributed by atoms with Crippen LogP contribution >= 0.6 is 11.3 Å². The van der Waals surface area contributed by atoms with Crippen molar-refractivity contribution < 1.29 is 14.3 Å². The van der Waals surface area contributed by atoms with Gasteiger partial charge < -0.3 is 14.8 Å². The molecule has 2 N–H and O–H groups in total. The summed E-state index contributed by atoms with van der Waals surface area (Å²) in [6.07, 6.45) is 0. The molecule has 108 valence electrons. The lowest BCUT2D eigenvalue weighted by Gasteiger charge is -2.21. The van der Waals surface area contributed by atoms with Gasteiger partial charge in [-0.2, -0.15) is 0 Å². The molecular weight excluding hydrogens is 286 g/mol. The molecule has 1 atom stereocenters. The first-order valence-corrected chi connectivity index (χ1v) is 7.47. The molecule has 5 heteroatoms. The van der Waals surface area contributed by atoms with E-state index in [0.717, 1.165) is 10.3 Å². The average Bonchev–Trinajstić information content (AvgIpc) is 3.13. The van der Waals surface area contributed by atoms with Crippen LogP contribution in [0.4, 0.5) is 0 Å². The molecular formula is C16H15NO3S. The van der Waals surface area contributed by atoms with Gasteiger partial charge in [0.15, 0.2) is 5.76 Å². The lowest BCUT2D eigenvalue weighted by Crippen LogP contribution is -2.37. The number of carbonyl (C=O) groups excluding carboxylic acids is 1. The molecule has 0 saturated carbocycles. The molecule has 3 aromatic rings. The number of fused-ring (bicyclic) bond motifs is 1. The van der Waals surface area contributed by atoms with Crippen molar-refractivity contribution >= 4 is 28.2 Å². The standard InChI is InChI=1S/C16H15NO3S/c1-16(19,14-7-4-8-21-14)10-17-15(18)13-9-11-5-2-3-6-12(11)20-13/h2-9,19H,10H2,1H3,(H,17,18)/t16-/m0/s1. The van der Waals surface area contributed by atoms with E-state index in [1.54, 1.807) is 13.0 Å². The maximum absolute atomic E-state index is 12.1. The highest BCUT2D eigenvalue weighted by atomic mass is 32.1. The minimum atomic E-state index is -1.09. The predicted molar refractivity (Wildman–Crippen MR) is 82.4 cm³/mol. The van der Waals surface area contributed by atoms with E-state index in [0.29, 0.717) is 5.58 Å². The summed E-state index contributed by atoms with van der Waals surface area (Å²) in [7, 11) is 0. The topological polar surface area (TPSA) is 62.5 Å². The molecule has 21 heavy (non-hydrogen) atoms. The Bertz CT molecular complexity index is 726. The Balaban J connectivity index is 1.72. The van der Waals surface area contributed by atoms with E-state index >= 15 is 0 Å². The first-order valence-electron chi connectivity index (χ1n) is 6.59. The van der Waals surface area contributed by atoms with Gasteiger partial charge in [-0.25, -0.2) is 0 Å². The van der Waals surface area contributed by atoms with Crippen molar-refractivity contribution in [2.45, 2.75) is 12.5 Å². The Labute approximate surface area is 126 Å². The molecule has 4 nitrogen and oxygen atoms in total. The normalized spacial score (nSPS) is 14.0. The molecule has 1 amide bonds. The fourth-order valence-corrected chi connectivity index (χ4v) is 2.89. The van der Waals surface area contributed by atoms with Gasteiger partial charge in [0.1, 0.15) is 11.2 Å². The second-order valence-electron chi connectivity index (χ2n) is 5.08. The van der Waals surface area contributed by atoms with Crippen LogP contribution in [-0.2, 0) is 5.60 Å². The molecule has 0 bridgehead atoms. The number of amides is 1. The van der Waals surface area contributed by atoms with Gasteiger partial charge in [0, 0.05) is 10.3 Å². The summed E-state index contributed by atoms with van der Waals surface area (Å²) in [6, 6.07) is 12.9. The minimum absolute atomic E-state index is 0.128. The van der Waals surface area contributed by atoms with Crippen LogP contribution in [0.25, 0.3) is 11.0 Å². The Hall–Kier alpha value is -2.11. The van der Waals surface area contributed by atoms with Gasteiger partial charge in [-0.05, 0) is 30.5 Å². The molecule has 0 radical (unpaired) electrons. The number of thiophene rings is 1. The Kier molecular flexibility index (Phi) is 3.53. The Morgan fingerprint density at radius 1 is 1.33 bits per heavy atom. The van der Waals surface area contributed by atoms with Gasteiger partial charge >= 0.3 is 0 Å². The minimum Gasteiger partial charge on any atom is -0.451 e. The molecule has 0 spiro atoms. The first-order chi connectivity index (χ1) is 10.1. The van der Waals surface area contributed by atoms with Gasteiger partial charge in [0.25, 0.3) is 5.91 Å². The maximum atomic E-state index is 12.1. The number of para-hydroxylation sites is 1. The van der Waals surface area contributed by atoms with E-state index in [2.05, 4.69) is 5.32 Å². The van der Waals surface area contributed by atoms with E-state index in [4.69, 9.17) is 4.42 Å². The third-order valence-electron chi connectivity index (χ3n) is 3.29. The summed E-state index contributed by atoms with van der Waals surface area (Å²) in [6.45, 7) is 1.81. The number of furan rings is 1. The van der Waals surface area contributed by atoms with Crippen LogP contribution in [0.3, 0.4) is 0 Å². The van der Waals surface area contributed by atoms with Crippen molar-refractivity contribution in [1.29, 1.82) is 0 Å². The van der Waals surface area contributed by atoms with Crippen molar-refractivity contribution in [2.75, 3.05) is 6.54 Å². The number of rotatable bonds is 4. The highest BCUT2D eigenvalue weighted by Crippen LogP contribution is 2.24. The number of hydrogen-bond acceptors (Lipinski definition) is 4. The van der Waals surface area contributed by atoms with Crippen molar-refractivity contribution in [2.24, 2.45) is 0 Å². The molecule has 0 fully saturated rings. The van der Waals surface area contributed by atoms with Gasteiger partial charge in [-0.1, -0.05) is 24.3 Å².